The first-order valence-corrected chi connectivity index (χ1v) is 14.8. The molecule has 0 saturated heterocycles. The number of halogens is 2. The van der Waals surface area contributed by atoms with Crippen LogP contribution in [0.15, 0.2) is 84.8 Å². The lowest BCUT2D eigenvalue weighted by Crippen LogP contribution is -2.42. The number of hydrogen-bond donors (Lipinski definition) is 0. The number of rotatable bonds is 12. The number of nitrogens with zero attached hydrogens (tertiary/aromatic N) is 6. The second-order valence-corrected chi connectivity index (χ2v) is 11.6. The van der Waals surface area contributed by atoms with E-state index < -0.39 is 35.9 Å². The van der Waals surface area contributed by atoms with Crippen LogP contribution in [-0.2, 0) is 28.2 Å². The topological polar surface area (TPSA) is 106 Å². The fourth-order valence-corrected chi connectivity index (χ4v) is 6.03. The number of benzene rings is 3. The Morgan fingerprint density at radius 3 is 2.62 bits per heavy atom. The van der Waals surface area contributed by atoms with Crippen LogP contribution in [0, 0.1) is 23.0 Å². The first-order chi connectivity index (χ1) is 21.7. The fraction of sp³-hybridized carbons (Fsp3) is 0.242. The molecule has 2 atom stereocenters. The molecule has 2 heterocycles. The average Bonchev–Trinajstić information content (AvgIpc) is 3.73. The van der Waals surface area contributed by atoms with Crippen LogP contribution in [0.1, 0.15) is 44.9 Å². The molecule has 45 heavy (non-hydrogen) atoms. The van der Waals surface area contributed by atoms with E-state index >= 15 is 4.39 Å². The molecule has 5 aromatic rings. The molecule has 2 aromatic heterocycles. The lowest BCUT2D eigenvalue weighted by atomic mass is 9.81. The molecule has 0 amide bonds. The zero-order chi connectivity index (χ0) is 32.0. The largest absolute Gasteiger partial charge is 0.435 e. The van der Waals surface area contributed by atoms with Gasteiger partial charge in [-0.05, 0) is 50.0 Å². The van der Waals surface area contributed by atoms with Crippen molar-refractivity contribution in [2.75, 3.05) is 20.9 Å². The first-order valence-electron chi connectivity index (χ1n) is 14.0. The number of carbonyl (C=O) groups excluding carboxylic acids is 1. The molecule has 0 saturated carbocycles. The number of esters is 1. The van der Waals surface area contributed by atoms with Gasteiger partial charge in [-0.15, -0.1) is 11.3 Å². The number of carbonyl (C=O) groups is 1. The Balaban J connectivity index is 1.50. The zero-order valence-electron chi connectivity index (χ0n) is 24.9. The van der Waals surface area contributed by atoms with Gasteiger partial charge in [-0.3, -0.25) is 0 Å². The molecule has 0 N–H and O–H groups in total. The minimum atomic E-state index is -1.57. The van der Waals surface area contributed by atoms with Crippen molar-refractivity contribution in [1.82, 2.24) is 24.6 Å². The quantitative estimate of drug-likeness (QED) is 0.120. The maximum atomic E-state index is 15.7. The Labute approximate surface area is 263 Å². The molecule has 230 valence electrons. The van der Waals surface area contributed by atoms with Crippen molar-refractivity contribution in [3.05, 3.63) is 124 Å². The summed E-state index contributed by atoms with van der Waals surface area (Å²) in [4.78, 5) is 23.9. The van der Waals surface area contributed by atoms with Gasteiger partial charge in [-0.2, -0.15) is 10.4 Å². The summed E-state index contributed by atoms with van der Waals surface area (Å²) in [5.41, 5.74) is 1.71. The summed E-state index contributed by atoms with van der Waals surface area (Å²) in [5, 5.41) is 15.8. The van der Waals surface area contributed by atoms with Crippen molar-refractivity contribution in [1.29, 1.82) is 5.26 Å². The fourth-order valence-electron chi connectivity index (χ4n) is 5.06. The summed E-state index contributed by atoms with van der Waals surface area (Å²) in [6.45, 7) is 1.85. The molecule has 0 bridgehead atoms. The van der Waals surface area contributed by atoms with E-state index in [1.165, 1.54) is 34.7 Å². The summed E-state index contributed by atoms with van der Waals surface area (Å²) in [7, 11) is 3.86. The Morgan fingerprint density at radius 2 is 1.93 bits per heavy atom. The maximum absolute atomic E-state index is 15.7. The summed E-state index contributed by atoms with van der Waals surface area (Å²) < 4.78 is 43.2. The normalized spacial score (nSPS) is 13.3. The smallest absolute Gasteiger partial charge is 0.340 e. The molecule has 12 heteroatoms. The van der Waals surface area contributed by atoms with E-state index in [2.05, 4.69) is 16.2 Å². The van der Waals surface area contributed by atoms with Crippen LogP contribution >= 0.6 is 11.3 Å². The average molecular weight is 629 g/mol. The highest BCUT2D eigenvalue weighted by atomic mass is 32.1. The van der Waals surface area contributed by atoms with Gasteiger partial charge in [-0.25, -0.2) is 28.2 Å². The molecular weight excluding hydrogens is 598 g/mol. The van der Waals surface area contributed by atoms with Crippen molar-refractivity contribution < 1.29 is 23.0 Å². The third-order valence-corrected chi connectivity index (χ3v) is 8.35. The number of hydrogen-bond acceptors (Lipinski definition) is 9. The zero-order valence-corrected chi connectivity index (χ0v) is 25.7. The van der Waals surface area contributed by atoms with Crippen molar-refractivity contribution in [3.8, 4) is 17.3 Å². The molecule has 0 aliphatic heterocycles. The van der Waals surface area contributed by atoms with E-state index in [1.54, 1.807) is 42.5 Å². The lowest BCUT2D eigenvalue weighted by molar-refractivity contribution is -0.148. The van der Waals surface area contributed by atoms with Crippen LogP contribution < -0.4 is 0 Å². The summed E-state index contributed by atoms with van der Waals surface area (Å²) in [5.74, 6) is -2.86. The Kier molecular flexibility index (Phi) is 9.73. The SMILES string of the molecule is C[C@@H](c1nc(-c2ccc(C#N)cc2)cs1)[C@@](Cn1cncn1)(OCOC(=O)c1cccc(CN(C)C)c1)c1ccc(F)cc1F. The second kappa shape index (κ2) is 13.9. The van der Waals surface area contributed by atoms with Gasteiger partial charge in [0.2, 0.25) is 0 Å². The highest BCUT2D eigenvalue weighted by Gasteiger charge is 2.45. The number of nitriles is 1. The van der Waals surface area contributed by atoms with Crippen molar-refractivity contribution >= 4 is 17.3 Å². The van der Waals surface area contributed by atoms with E-state index in [1.807, 2.05) is 37.4 Å². The minimum Gasteiger partial charge on any atom is -0.435 e. The molecule has 0 spiro atoms. The number of ether oxygens (including phenoxy) is 2. The molecule has 0 unspecified atom stereocenters. The second-order valence-electron chi connectivity index (χ2n) is 10.7. The summed E-state index contributed by atoms with van der Waals surface area (Å²) >= 11 is 1.34. The van der Waals surface area contributed by atoms with E-state index in [0.717, 1.165) is 23.3 Å². The third kappa shape index (κ3) is 7.29. The summed E-state index contributed by atoms with van der Waals surface area (Å²) in [6.07, 6.45) is 2.79. The summed E-state index contributed by atoms with van der Waals surface area (Å²) in [6, 6.07) is 19.4. The van der Waals surface area contributed by atoms with E-state index in [-0.39, 0.29) is 12.1 Å². The Morgan fingerprint density at radius 1 is 1.13 bits per heavy atom. The van der Waals surface area contributed by atoms with Gasteiger partial charge in [0.1, 0.15) is 29.9 Å². The third-order valence-electron chi connectivity index (χ3n) is 7.32. The minimum absolute atomic E-state index is 0.0334. The monoisotopic (exact) mass is 628 g/mol. The standard InChI is InChI=1S/C33H30F2N6O3S/c1-22(31-39-30(17-45-31)25-9-7-23(15-36)8-10-25)33(18-41-20-37-19-38-41,28-12-11-27(34)14-29(28)35)44-21-43-32(42)26-6-4-5-24(13-26)16-40(2)3/h4-14,17,19-20,22H,16,18,21H2,1-3H3/t22-,33+/m0/s1. The molecule has 0 aliphatic rings. The molecule has 3 aromatic carbocycles. The van der Waals surface area contributed by atoms with Crippen LogP contribution in [0.25, 0.3) is 11.3 Å². The van der Waals surface area contributed by atoms with Crippen molar-refractivity contribution in [2.24, 2.45) is 0 Å². The van der Waals surface area contributed by atoms with Gasteiger partial charge >= 0.3 is 5.97 Å². The van der Waals surface area contributed by atoms with Crippen molar-refractivity contribution in [3.63, 3.8) is 0 Å². The predicted octanol–water partition coefficient (Wildman–Crippen LogP) is 6.14. The maximum Gasteiger partial charge on any atom is 0.340 e. The van der Waals surface area contributed by atoms with E-state index in [4.69, 9.17) is 19.7 Å². The van der Waals surface area contributed by atoms with Crippen LogP contribution in [0.3, 0.4) is 0 Å². The van der Waals surface area contributed by atoms with E-state index in [0.29, 0.717) is 28.4 Å². The molecule has 5 rings (SSSR count). The highest BCUT2D eigenvalue weighted by molar-refractivity contribution is 7.10. The predicted molar refractivity (Wildman–Crippen MR) is 164 cm³/mol. The van der Waals surface area contributed by atoms with Gasteiger partial charge < -0.3 is 14.4 Å². The van der Waals surface area contributed by atoms with Crippen LogP contribution in [-0.4, -0.2) is 51.5 Å². The molecule has 9 nitrogen and oxygen atoms in total. The van der Waals surface area contributed by atoms with E-state index in [9.17, 15) is 9.18 Å². The van der Waals surface area contributed by atoms with Gasteiger partial charge in [0, 0.05) is 35.0 Å². The first kappa shape index (κ1) is 31.6. The van der Waals surface area contributed by atoms with Gasteiger partial charge in [-0.1, -0.05) is 37.3 Å². The highest BCUT2D eigenvalue weighted by Crippen LogP contribution is 2.44. The van der Waals surface area contributed by atoms with Gasteiger partial charge in [0.25, 0.3) is 0 Å². The van der Waals surface area contributed by atoms with Gasteiger partial charge in [0.15, 0.2) is 6.79 Å². The van der Waals surface area contributed by atoms with Crippen LogP contribution in [0.5, 0.6) is 0 Å². The Hall–Kier alpha value is -4.83. The number of thiazole rings is 1. The Bertz CT molecular complexity index is 1800. The molecule has 0 radical (unpaired) electrons. The van der Waals surface area contributed by atoms with Crippen LogP contribution in [0.4, 0.5) is 8.78 Å². The lowest BCUT2D eigenvalue weighted by Gasteiger charge is -2.38. The van der Waals surface area contributed by atoms with Crippen molar-refractivity contribution in [2.45, 2.75) is 31.5 Å². The molecule has 0 aliphatic carbocycles. The van der Waals surface area contributed by atoms with Crippen LogP contribution in [0.2, 0.25) is 0 Å². The molecule has 0 fully saturated rings. The number of aromatic nitrogens is 4. The van der Waals surface area contributed by atoms with Gasteiger partial charge in [0.05, 0.1) is 34.4 Å². The molecular formula is C33H30F2N6O3S.